The number of rotatable bonds is 5. The van der Waals surface area contributed by atoms with Crippen molar-refractivity contribution in [1.29, 1.82) is 0 Å². The smallest absolute Gasteiger partial charge is 0.287 e. The lowest BCUT2D eigenvalue weighted by molar-refractivity contribution is -0.117. The molecule has 7 nitrogen and oxygen atoms in total. The normalized spacial score (nSPS) is 12.4. The molecule has 4 rings (SSSR count). The highest BCUT2D eigenvalue weighted by Crippen LogP contribution is 2.38. The van der Waals surface area contributed by atoms with Crippen molar-refractivity contribution in [3.63, 3.8) is 0 Å². The number of amides is 2. The van der Waals surface area contributed by atoms with Crippen molar-refractivity contribution >= 4 is 23.4 Å². The molecule has 1 aliphatic carbocycles. The third-order valence-corrected chi connectivity index (χ3v) is 5.05. The predicted octanol–water partition coefficient (Wildman–Crippen LogP) is 2.47. The largest absolute Gasteiger partial charge is 0.455 e. The van der Waals surface area contributed by atoms with Crippen LogP contribution in [0.15, 0.2) is 34.9 Å². The summed E-state index contributed by atoms with van der Waals surface area (Å²) >= 11 is 5.95. The minimum absolute atomic E-state index is 0.200. The molecule has 0 saturated heterocycles. The molecule has 1 aliphatic rings. The molecule has 2 aromatic heterocycles. The Bertz CT molecular complexity index is 1070. The molecule has 8 heteroatoms. The van der Waals surface area contributed by atoms with Crippen molar-refractivity contribution in [2.45, 2.75) is 26.3 Å². The van der Waals surface area contributed by atoms with Crippen LogP contribution in [-0.4, -0.2) is 28.1 Å². The predicted molar refractivity (Wildman–Crippen MR) is 104 cm³/mol. The first-order chi connectivity index (χ1) is 13.4. The lowest BCUT2D eigenvalue weighted by Crippen LogP contribution is -2.33. The molecule has 2 amide bonds. The third-order valence-electron chi connectivity index (χ3n) is 4.80. The molecule has 1 aromatic carbocycles. The molecule has 0 saturated carbocycles. The van der Waals surface area contributed by atoms with E-state index in [9.17, 15) is 9.59 Å². The first kappa shape index (κ1) is 18.3. The number of hydrogen-bond acceptors (Lipinski definition) is 4. The lowest BCUT2D eigenvalue weighted by Gasteiger charge is -2.09. The van der Waals surface area contributed by atoms with E-state index in [0.717, 1.165) is 40.1 Å². The first-order valence-corrected chi connectivity index (χ1v) is 9.30. The van der Waals surface area contributed by atoms with Gasteiger partial charge in [-0.2, -0.15) is 5.10 Å². The Kier molecular flexibility index (Phi) is 4.68. The zero-order chi connectivity index (χ0) is 19.8. The van der Waals surface area contributed by atoms with E-state index in [1.165, 1.54) is 0 Å². The number of nitrogens with zero attached hydrogens (tertiary/aromatic N) is 2. The molecule has 3 aromatic rings. The average molecular weight is 399 g/mol. The van der Waals surface area contributed by atoms with E-state index in [-0.39, 0.29) is 12.3 Å². The van der Waals surface area contributed by atoms with Crippen LogP contribution in [0.3, 0.4) is 0 Å². The maximum absolute atomic E-state index is 12.3. The molecule has 0 spiro atoms. The van der Waals surface area contributed by atoms with Crippen LogP contribution in [0.2, 0.25) is 5.02 Å². The van der Waals surface area contributed by atoms with Gasteiger partial charge in [-0.3, -0.25) is 14.3 Å². The van der Waals surface area contributed by atoms with Crippen molar-refractivity contribution in [1.82, 2.24) is 15.1 Å². The molecular weight excluding hydrogens is 380 g/mol. The van der Waals surface area contributed by atoms with Gasteiger partial charge in [-0.25, -0.2) is 0 Å². The van der Waals surface area contributed by atoms with E-state index in [4.69, 9.17) is 26.9 Å². The van der Waals surface area contributed by atoms with Gasteiger partial charge in [0.15, 0.2) is 5.76 Å². The van der Waals surface area contributed by atoms with Gasteiger partial charge in [0.2, 0.25) is 5.91 Å². The fraction of sp³-hybridized carbons (Fsp3) is 0.250. The molecule has 0 aliphatic heterocycles. The maximum Gasteiger partial charge on any atom is 0.287 e. The van der Waals surface area contributed by atoms with Crippen molar-refractivity contribution in [2.24, 2.45) is 5.73 Å². The Balaban J connectivity index is 1.63. The Hall–Kier alpha value is -3.06. The topological polar surface area (TPSA) is 103 Å². The van der Waals surface area contributed by atoms with Crippen molar-refractivity contribution in [2.75, 3.05) is 6.54 Å². The van der Waals surface area contributed by atoms with Crippen LogP contribution >= 0.6 is 11.6 Å². The highest BCUT2D eigenvalue weighted by atomic mass is 35.5. The van der Waals surface area contributed by atoms with Gasteiger partial charge in [-0.1, -0.05) is 23.7 Å². The summed E-state index contributed by atoms with van der Waals surface area (Å²) in [4.78, 5) is 23.2. The molecule has 0 unspecified atom stereocenters. The molecule has 0 radical (unpaired) electrons. The monoisotopic (exact) mass is 398 g/mol. The van der Waals surface area contributed by atoms with Gasteiger partial charge < -0.3 is 15.5 Å². The van der Waals surface area contributed by atoms with E-state index < -0.39 is 11.8 Å². The molecule has 0 bridgehead atoms. The first-order valence-electron chi connectivity index (χ1n) is 8.92. The van der Waals surface area contributed by atoms with Crippen LogP contribution in [0.1, 0.15) is 33.0 Å². The number of furan rings is 1. The fourth-order valence-electron chi connectivity index (χ4n) is 3.49. The van der Waals surface area contributed by atoms with Crippen molar-refractivity contribution in [3.8, 4) is 11.3 Å². The zero-order valence-corrected chi connectivity index (χ0v) is 16.0. The van der Waals surface area contributed by atoms with Crippen molar-refractivity contribution in [3.05, 3.63) is 63.7 Å². The number of nitrogens with two attached hydrogens (primary N) is 1. The summed E-state index contributed by atoms with van der Waals surface area (Å²) < 4.78 is 7.69. The summed E-state index contributed by atoms with van der Waals surface area (Å²) in [6.45, 7) is 2.22. The quantitative estimate of drug-likeness (QED) is 0.688. The van der Waals surface area contributed by atoms with Crippen LogP contribution in [0.5, 0.6) is 0 Å². The van der Waals surface area contributed by atoms with Gasteiger partial charge in [0.05, 0.1) is 18.8 Å². The minimum Gasteiger partial charge on any atom is -0.455 e. The Labute approximate surface area is 166 Å². The standard InChI is InChI=1S/C20H19ClN4O3/c1-11-17-15(28-19(11)20(27)23-8-16(22)26)7-4-13-10-25(24-18(13)17)9-12-2-5-14(21)6-3-12/h2-3,5-6,10H,4,7-9H2,1H3,(H2,22,26)(H,23,27). The van der Waals surface area contributed by atoms with Crippen LogP contribution in [0, 0.1) is 6.92 Å². The summed E-state index contributed by atoms with van der Waals surface area (Å²) in [7, 11) is 0. The third kappa shape index (κ3) is 3.41. The van der Waals surface area contributed by atoms with Crippen LogP contribution < -0.4 is 11.1 Å². The number of hydrogen-bond donors (Lipinski definition) is 2. The van der Waals surface area contributed by atoms with Crippen LogP contribution in [-0.2, 0) is 24.2 Å². The van der Waals surface area contributed by atoms with E-state index in [1.807, 2.05) is 42.1 Å². The number of benzene rings is 1. The summed E-state index contributed by atoms with van der Waals surface area (Å²) in [5, 5.41) is 7.90. The molecule has 0 fully saturated rings. The minimum atomic E-state index is -0.606. The van der Waals surface area contributed by atoms with Crippen molar-refractivity contribution < 1.29 is 14.0 Å². The number of carbonyl (C=O) groups excluding carboxylic acids is 2. The number of aromatic nitrogens is 2. The van der Waals surface area contributed by atoms with Gasteiger partial charge >= 0.3 is 0 Å². The number of carbonyl (C=O) groups is 2. The van der Waals surface area contributed by atoms with Gasteiger partial charge in [-0.05, 0) is 36.6 Å². The number of aryl methyl sites for hydroxylation is 2. The van der Waals surface area contributed by atoms with E-state index in [2.05, 4.69) is 5.32 Å². The second-order valence-corrected chi connectivity index (χ2v) is 7.27. The maximum atomic E-state index is 12.3. The summed E-state index contributed by atoms with van der Waals surface area (Å²) in [6.07, 6.45) is 3.52. The van der Waals surface area contributed by atoms with E-state index in [0.29, 0.717) is 18.0 Å². The second kappa shape index (κ2) is 7.16. The molecule has 144 valence electrons. The Morgan fingerprint density at radius 3 is 2.75 bits per heavy atom. The zero-order valence-electron chi connectivity index (χ0n) is 15.3. The van der Waals surface area contributed by atoms with Crippen LogP contribution in [0.4, 0.5) is 0 Å². The molecule has 3 N–H and O–H groups in total. The summed E-state index contributed by atoms with van der Waals surface area (Å²) in [6, 6.07) is 7.66. The number of halogens is 1. The fourth-order valence-corrected chi connectivity index (χ4v) is 3.61. The number of primary amides is 1. The van der Waals surface area contributed by atoms with Gasteiger partial charge in [0.25, 0.3) is 5.91 Å². The molecule has 28 heavy (non-hydrogen) atoms. The number of nitrogens with one attached hydrogen (secondary N) is 1. The lowest BCUT2D eigenvalue weighted by atomic mass is 9.93. The molecule has 0 atom stereocenters. The van der Waals surface area contributed by atoms with Gasteiger partial charge in [-0.15, -0.1) is 0 Å². The Morgan fingerprint density at radius 2 is 2.04 bits per heavy atom. The average Bonchev–Trinajstić information content (AvgIpc) is 3.22. The molecular formula is C20H19ClN4O3. The summed E-state index contributed by atoms with van der Waals surface area (Å²) in [5.74, 6) is -0.115. The highest BCUT2D eigenvalue weighted by molar-refractivity contribution is 6.30. The summed E-state index contributed by atoms with van der Waals surface area (Å²) in [5.41, 5.74) is 9.72. The van der Waals surface area contributed by atoms with Gasteiger partial charge in [0, 0.05) is 28.8 Å². The van der Waals surface area contributed by atoms with E-state index >= 15 is 0 Å². The number of fused-ring (bicyclic) bond motifs is 3. The second-order valence-electron chi connectivity index (χ2n) is 6.83. The van der Waals surface area contributed by atoms with Crippen LogP contribution in [0.25, 0.3) is 11.3 Å². The van der Waals surface area contributed by atoms with Gasteiger partial charge in [0.1, 0.15) is 5.76 Å². The Morgan fingerprint density at radius 1 is 1.29 bits per heavy atom. The highest BCUT2D eigenvalue weighted by Gasteiger charge is 2.29. The van der Waals surface area contributed by atoms with E-state index in [1.54, 1.807) is 0 Å². The SMILES string of the molecule is Cc1c(C(=O)NCC(N)=O)oc2c1-c1nn(Cc3ccc(Cl)cc3)cc1CC2. The molecule has 2 heterocycles.